The second-order valence-electron chi connectivity index (χ2n) is 5.96. The van der Waals surface area contributed by atoms with Crippen LogP contribution in [0.5, 0.6) is 5.75 Å². The molecule has 0 unspecified atom stereocenters. The Morgan fingerprint density at radius 2 is 1.66 bits per heavy atom. The first-order valence-electron chi connectivity index (χ1n) is 8.69. The smallest absolute Gasteiger partial charge is 0.262 e. The summed E-state index contributed by atoms with van der Waals surface area (Å²) in [5, 5.41) is 5.28. The molecule has 0 heterocycles. The third-order valence-corrected chi connectivity index (χ3v) is 5.05. The Morgan fingerprint density at radius 3 is 2.28 bits per heavy atom. The minimum Gasteiger partial charge on any atom is -0.484 e. The molecule has 2 amide bonds. The predicted molar refractivity (Wildman–Crippen MR) is 108 cm³/mol. The van der Waals surface area contributed by atoms with Gasteiger partial charge in [-0.05, 0) is 42.5 Å². The molecule has 0 spiro atoms. The Balaban J connectivity index is 1.88. The van der Waals surface area contributed by atoms with Gasteiger partial charge in [-0.15, -0.1) is 0 Å². The van der Waals surface area contributed by atoms with Crippen molar-refractivity contribution >= 4 is 33.2 Å². The normalized spacial score (nSPS) is 11.0. The summed E-state index contributed by atoms with van der Waals surface area (Å²) in [5.74, 6) is -0.262. The average molecular weight is 421 g/mol. The molecule has 9 nitrogen and oxygen atoms in total. The number of nitrogens with one attached hydrogen (secondary N) is 3. The van der Waals surface area contributed by atoms with Crippen LogP contribution in [0.1, 0.15) is 6.92 Å². The number of hydrogen-bond acceptors (Lipinski definition) is 6. The summed E-state index contributed by atoms with van der Waals surface area (Å²) in [6.07, 6.45) is 0. The lowest BCUT2D eigenvalue weighted by molar-refractivity contribution is -0.118. The predicted octanol–water partition coefficient (Wildman–Crippen LogP) is 1.59. The van der Waals surface area contributed by atoms with Crippen molar-refractivity contribution in [3.05, 3.63) is 48.5 Å². The van der Waals surface area contributed by atoms with Crippen molar-refractivity contribution in [2.75, 3.05) is 37.5 Å². The van der Waals surface area contributed by atoms with Gasteiger partial charge in [0.25, 0.3) is 5.91 Å². The summed E-state index contributed by atoms with van der Waals surface area (Å²) in [4.78, 5) is 23.2. The van der Waals surface area contributed by atoms with Crippen LogP contribution in [0.3, 0.4) is 0 Å². The first-order valence-corrected chi connectivity index (χ1v) is 10.2. The van der Waals surface area contributed by atoms with Gasteiger partial charge >= 0.3 is 0 Å². The lowest BCUT2D eigenvalue weighted by Gasteiger charge is -2.10. The van der Waals surface area contributed by atoms with E-state index in [1.165, 1.54) is 38.3 Å². The summed E-state index contributed by atoms with van der Waals surface area (Å²) >= 11 is 0. The fourth-order valence-corrected chi connectivity index (χ4v) is 3.31. The Kier molecular flexibility index (Phi) is 8.13. The van der Waals surface area contributed by atoms with Crippen molar-refractivity contribution in [3.8, 4) is 5.75 Å². The molecule has 0 saturated carbocycles. The van der Waals surface area contributed by atoms with Crippen LogP contribution in [-0.2, 0) is 24.3 Å². The monoisotopic (exact) mass is 421 g/mol. The fraction of sp³-hybridized carbons (Fsp3) is 0.263. The number of benzene rings is 2. The van der Waals surface area contributed by atoms with Gasteiger partial charge in [-0.2, -0.15) is 0 Å². The highest BCUT2D eigenvalue weighted by Crippen LogP contribution is 2.17. The van der Waals surface area contributed by atoms with Gasteiger partial charge in [-0.1, -0.05) is 6.07 Å². The quantitative estimate of drug-likeness (QED) is 0.501. The molecule has 2 rings (SSSR count). The fourth-order valence-electron chi connectivity index (χ4n) is 2.30. The van der Waals surface area contributed by atoms with E-state index in [1.807, 2.05) is 0 Å². The molecule has 0 aromatic heterocycles. The second-order valence-corrected chi connectivity index (χ2v) is 7.73. The number of sulfonamides is 1. The van der Waals surface area contributed by atoms with E-state index in [-0.39, 0.29) is 30.6 Å². The average Bonchev–Trinajstić information content (AvgIpc) is 2.66. The molecule has 0 aliphatic heterocycles. The van der Waals surface area contributed by atoms with Crippen LogP contribution in [0.4, 0.5) is 11.4 Å². The molecule has 2 aromatic carbocycles. The van der Waals surface area contributed by atoms with Crippen molar-refractivity contribution in [1.82, 2.24) is 4.72 Å². The van der Waals surface area contributed by atoms with Gasteiger partial charge in [-0.3, -0.25) is 9.59 Å². The SMILES string of the molecule is COCCNS(=O)(=O)c1ccc(OCC(=O)Nc2cccc(NC(C)=O)c2)cc1. The Morgan fingerprint density at radius 1 is 1.00 bits per heavy atom. The number of rotatable bonds is 10. The lowest BCUT2D eigenvalue weighted by atomic mass is 10.2. The number of carbonyl (C=O) groups is 2. The molecule has 29 heavy (non-hydrogen) atoms. The molecule has 0 atom stereocenters. The lowest BCUT2D eigenvalue weighted by Crippen LogP contribution is -2.27. The van der Waals surface area contributed by atoms with Crippen molar-refractivity contribution in [1.29, 1.82) is 0 Å². The van der Waals surface area contributed by atoms with E-state index in [2.05, 4.69) is 15.4 Å². The van der Waals surface area contributed by atoms with Crippen molar-refractivity contribution in [2.24, 2.45) is 0 Å². The zero-order valence-electron chi connectivity index (χ0n) is 16.1. The van der Waals surface area contributed by atoms with Gasteiger partial charge in [0.1, 0.15) is 5.75 Å². The molecular weight excluding hydrogens is 398 g/mol. The molecule has 0 aliphatic rings. The third kappa shape index (κ3) is 7.53. The second kappa shape index (κ2) is 10.6. The summed E-state index contributed by atoms with van der Waals surface area (Å²) in [6, 6.07) is 12.4. The minimum atomic E-state index is -3.63. The summed E-state index contributed by atoms with van der Waals surface area (Å²) < 4.78 is 36.8. The number of methoxy groups -OCH3 is 1. The summed E-state index contributed by atoms with van der Waals surface area (Å²) in [7, 11) is -2.15. The van der Waals surface area contributed by atoms with Crippen LogP contribution in [-0.4, -0.2) is 47.1 Å². The molecule has 2 aromatic rings. The summed E-state index contributed by atoms with van der Waals surface area (Å²) in [5.41, 5.74) is 1.07. The van der Waals surface area contributed by atoms with E-state index in [0.29, 0.717) is 17.1 Å². The van der Waals surface area contributed by atoms with Crippen LogP contribution < -0.4 is 20.1 Å². The Labute approximate surface area is 169 Å². The molecule has 156 valence electrons. The molecule has 3 N–H and O–H groups in total. The number of ether oxygens (including phenoxy) is 2. The Hall–Kier alpha value is -2.95. The maximum atomic E-state index is 12.1. The zero-order valence-corrected chi connectivity index (χ0v) is 16.9. The van der Waals surface area contributed by atoms with Crippen LogP contribution in [0.15, 0.2) is 53.4 Å². The van der Waals surface area contributed by atoms with E-state index in [1.54, 1.807) is 24.3 Å². The maximum Gasteiger partial charge on any atom is 0.262 e. The van der Waals surface area contributed by atoms with Gasteiger partial charge in [0.15, 0.2) is 6.61 Å². The van der Waals surface area contributed by atoms with Gasteiger partial charge in [0.05, 0.1) is 11.5 Å². The zero-order chi connectivity index (χ0) is 21.3. The van der Waals surface area contributed by atoms with Crippen LogP contribution >= 0.6 is 0 Å². The number of hydrogen-bond donors (Lipinski definition) is 3. The number of anilines is 2. The molecule has 10 heteroatoms. The van der Waals surface area contributed by atoms with Gasteiger partial charge in [0.2, 0.25) is 15.9 Å². The molecule has 0 radical (unpaired) electrons. The van der Waals surface area contributed by atoms with Crippen molar-refractivity contribution < 1.29 is 27.5 Å². The molecular formula is C19H23N3O6S. The van der Waals surface area contributed by atoms with Gasteiger partial charge in [0, 0.05) is 32.0 Å². The molecule has 0 bridgehead atoms. The minimum absolute atomic E-state index is 0.0835. The van der Waals surface area contributed by atoms with E-state index in [4.69, 9.17) is 9.47 Å². The standard InChI is InChI=1S/C19H23N3O6S/c1-14(23)21-15-4-3-5-16(12-15)22-19(24)13-28-17-6-8-18(9-7-17)29(25,26)20-10-11-27-2/h3-9,12,20H,10-11,13H2,1-2H3,(H,21,23)(H,22,24). The maximum absolute atomic E-state index is 12.1. The first kappa shape index (κ1) is 22.3. The van der Waals surface area contributed by atoms with E-state index in [9.17, 15) is 18.0 Å². The number of amides is 2. The largest absolute Gasteiger partial charge is 0.484 e. The van der Waals surface area contributed by atoms with Gasteiger partial charge < -0.3 is 20.1 Å². The van der Waals surface area contributed by atoms with Crippen molar-refractivity contribution in [2.45, 2.75) is 11.8 Å². The molecule has 0 aliphatic carbocycles. The molecule has 0 fully saturated rings. The van der Waals surface area contributed by atoms with Crippen LogP contribution in [0.25, 0.3) is 0 Å². The highest BCUT2D eigenvalue weighted by molar-refractivity contribution is 7.89. The molecule has 0 saturated heterocycles. The number of carbonyl (C=O) groups excluding carboxylic acids is 2. The van der Waals surface area contributed by atoms with Crippen LogP contribution in [0.2, 0.25) is 0 Å². The van der Waals surface area contributed by atoms with Gasteiger partial charge in [-0.25, -0.2) is 13.1 Å². The topological polar surface area (TPSA) is 123 Å². The van der Waals surface area contributed by atoms with E-state index >= 15 is 0 Å². The van der Waals surface area contributed by atoms with Crippen LogP contribution in [0, 0.1) is 0 Å². The Bertz CT molecular complexity index is 945. The summed E-state index contributed by atoms with van der Waals surface area (Å²) in [6.45, 7) is 1.57. The highest BCUT2D eigenvalue weighted by atomic mass is 32.2. The highest BCUT2D eigenvalue weighted by Gasteiger charge is 2.13. The first-order chi connectivity index (χ1) is 13.8. The van der Waals surface area contributed by atoms with E-state index in [0.717, 1.165) is 0 Å². The van der Waals surface area contributed by atoms with Crippen molar-refractivity contribution in [3.63, 3.8) is 0 Å². The third-order valence-electron chi connectivity index (χ3n) is 3.57. The van der Waals surface area contributed by atoms with E-state index < -0.39 is 15.9 Å².